The molecule has 1 N–H and O–H groups in total. The van der Waals surface area contributed by atoms with Crippen LogP contribution in [0, 0.1) is 11.7 Å². The van der Waals surface area contributed by atoms with Crippen LogP contribution in [0.2, 0.25) is 0 Å². The van der Waals surface area contributed by atoms with E-state index in [1.54, 1.807) is 33.3 Å². The number of allylic oxidation sites excluding steroid dienone is 3. The Labute approximate surface area is 211 Å². The van der Waals surface area contributed by atoms with Gasteiger partial charge in [-0.05, 0) is 60.6 Å². The highest BCUT2D eigenvalue weighted by molar-refractivity contribution is 6.04. The van der Waals surface area contributed by atoms with Crippen LogP contribution in [0.15, 0.2) is 65.0 Å². The largest absolute Gasteiger partial charge is 0.493 e. The number of carbonyl (C=O) groups excluding carboxylic acids is 2. The van der Waals surface area contributed by atoms with Crippen LogP contribution in [-0.4, -0.2) is 32.6 Å². The summed E-state index contributed by atoms with van der Waals surface area (Å²) in [6.07, 6.45) is 0.823. The van der Waals surface area contributed by atoms with E-state index in [2.05, 4.69) is 5.32 Å². The van der Waals surface area contributed by atoms with Gasteiger partial charge < -0.3 is 19.5 Å². The Hall–Kier alpha value is -3.61. The SMILES string of the molecule is COc1ccc([C@@H]2CC(=O)C3=C(C2)NC(C)=C(C(=O)OCC(C)C)[C@@H]3c2cccc(F)c2)cc1OC. The van der Waals surface area contributed by atoms with Crippen LogP contribution in [0.4, 0.5) is 4.39 Å². The maximum Gasteiger partial charge on any atom is 0.336 e. The van der Waals surface area contributed by atoms with Crippen LogP contribution in [0.3, 0.4) is 0 Å². The molecule has 0 saturated carbocycles. The minimum Gasteiger partial charge on any atom is -0.493 e. The van der Waals surface area contributed by atoms with E-state index in [1.807, 2.05) is 32.0 Å². The lowest BCUT2D eigenvalue weighted by molar-refractivity contribution is -0.140. The Balaban J connectivity index is 1.75. The minimum atomic E-state index is -0.699. The molecule has 0 aromatic heterocycles. The fourth-order valence-electron chi connectivity index (χ4n) is 4.99. The lowest BCUT2D eigenvalue weighted by Crippen LogP contribution is -2.36. The van der Waals surface area contributed by atoms with Crippen molar-refractivity contribution in [2.24, 2.45) is 5.92 Å². The van der Waals surface area contributed by atoms with Crippen molar-refractivity contribution in [3.05, 3.63) is 81.9 Å². The molecule has 0 saturated heterocycles. The van der Waals surface area contributed by atoms with Crippen LogP contribution in [0.1, 0.15) is 56.6 Å². The summed E-state index contributed by atoms with van der Waals surface area (Å²) in [5, 5.41) is 3.32. The first kappa shape index (κ1) is 25.5. The Morgan fingerprint density at radius 3 is 2.47 bits per heavy atom. The molecule has 6 nitrogen and oxygen atoms in total. The normalized spacial score (nSPS) is 19.7. The van der Waals surface area contributed by atoms with Gasteiger partial charge in [0.15, 0.2) is 17.3 Å². The van der Waals surface area contributed by atoms with E-state index in [0.717, 1.165) is 11.3 Å². The molecule has 0 unspecified atom stereocenters. The summed E-state index contributed by atoms with van der Waals surface area (Å²) in [5.74, 6) is -0.408. The molecule has 0 amide bonds. The molecule has 0 bridgehead atoms. The molecule has 2 aromatic rings. The van der Waals surface area contributed by atoms with Gasteiger partial charge in [-0.2, -0.15) is 0 Å². The molecular weight excluding hydrogens is 461 g/mol. The molecule has 0 fully saturated rings. The van der Waals surface area contributed by atoms with Gasteiger partial charge >= 0.3 is 5.97 Å². The van der Waals surface area contributed by atoms with Crippen molar-refractivity contribution in [1.82, 2.24) is 5.32 Å². The smallest absolute Gasteiger partial charge is 0.336 e. The number of methoxy groups -OCH3 is 2. The number of hydrogen-bond acceptors (Lipinski definition) is 6. The van der Waals surface area contributed by atoms with E-state index in [-0.39, 0.29) is 30.6 Å². The molecule has 4 rings (SSSR count). The van der Waals surface area contributed by atoms with E-state index in [4.69, 9.17) is 14.2 Å². The number of dihydropyridines is 1. The second-order valence-electron chi connectivity index (χ2n) is 9.68. The van der Waals surface area contributed by atoms with Gasteiger partial charge in [0.05, 0.1) is 26.4 Å². The number of nitrogens with one attached hydrogen (secondary N) is 1. The fourth-order valence-corrected chi connectivity index (χ4v) is 4.99. The van der Waals surface area contributed by atoms with Crippen LogP contribution >= 0.6 is 0 Å². The predicted molar refractivity (Wildman–Crippen MR) is 134 cm³/mol. The lowest BCUT2D eigenvalue weighted by Gasteiger charge is -2.36. The van der Waals surface area contributed by atoms with Crippen molar-refractivity contribution >= 4 is 11.8 Å². The fraction of sp³-hybridized carbons (Fsp3) is 0.379. The number of carbonyl (C=O) groups is 2. The molecule has 1 heterocycles. The van der Waals surface area contributed by atoms with Gasteiger partial charge in [-0.3, -0.25) is 4.79 Å². The third-order valence-corrected chi connectivity index (χ3v) is 6.66. The zero-order chi connectivity index (χ0) is 26.0. The van der Waals surface area contributed by atoms with E-state index < -0.39 is 17.7 Å². The highest BCUT2D eigenvalue weighted by Crippen LogP contribution is 2.46. The van der Waals surface area contributed by atoms with Gasteiger partial charge in [0.1, 0.15) is 5.82 Å². The van der Waals surface area contributed by atoms with E-state index in [1.165, 1.54) is 12.1 Å². The summed E-state index contributed by atoms with van der Waals surface area (Å²) >= 11 is 0. The molecule has 2 aliphatic rings. The standard InChI is InChI=1S/C29H32FNO5/c1-16(2)15-36-29(33)26-17(3)31-22-12-20(18-9-10-24(34-4)25(14-18)35-5)13-23(32)28(22)27(26)19-7-6-8-21(30)11-19/h6-11,14,16,20,27,31H,12-13,15H2,1-5H3/t20-,27-/m0/s1. The Morgan fingerprint density at radius 1 is 1.06 bits per heavy atom. The number of ketones is 1. The van der Waals surface area contributed by atoms with Crippen LogP contribution in [0.25, 0.3) is 0 Å². The molecule has 1 aliphatic carbocycles. The number of halogens is 1. The van der Waals surface area contributed by atoms with Crippen LogP contribution in [-0.2, 0) is 14.3 Å². The summed E-state index contributed by atoms with van der Waals surface area (Å²) in [7, 11) is 3.16. The average molecular weight is 494 g/mol. The highest BCUT2D eigenvalue weighted by atomic mass is 19.1. The quantitative estimate of drug-likeness (QED) is 0.521. The molecule has 7 heteroatoms. The first-order valence-corrected chi connectivity index (χ1v) is 12.1. The van der Waals surface area contributed by atoms with Gasteiger partial charge in [0.25, 0.3) is 0 Å². The summed E-state index contributed by atoms with van der Waals surface area (Å²) in [6, 6.07) is 11.8. The van der Waals surface area contributed by atoms with E-state index in [9.17, 15) is 14.0 Å². The Bertz CT molecular complexity index is 1250. The maximum atomic E-state index is 14.3. The lowest BCUT2D eigenvalue weighted by atomic mass is 9.71. The predicted octanol–water partition coefficient (Wildman–Crippen LogP) is 5.40. The van der Waals surface area contributed by atoms with Gasteiger partial charge in [0.2, 0.25) is 0 Å². The molecule has 2 aromatic carbocycles. The van der Waals surface area contributed by atoms with Crippen molar-refractivity contribution in [3.8, 4) is 11.5 Å². The zero-order valence-electron chi connectivity index (χ0n) is 21.3. The van der Waals surface area contributed by atoms with Crippen LogP contribution < -0.4 is 14.8 Å². The summed E-state index contributed by atoms with van der Waals surface area (Å²) in [6.45, 7) is 5.97. The third kappa shape index (κ3) is 5.01. The first-order chi connectivity index (χ1) is 17.2. The summed E-state index contributed by atoms with van der Waals surface area (Å²) < 4.78 is 30.6. The van der Waals surface area contributed by atoms with Gasteiger partial charge in [-0.15, -0.1) is 0 Å². The molecule has 36 heavy (non-hydrogen) atoms. The number of benzene rings is 2. The second-order valence-corrected chi connectivity index (χ2v) is 9.68. The Kier molecular flexibility index (Phi) is 7.48. The van der Waals surface area contributed by atoms with Gasteiger partial charge in [-0.25, -0.2) is 9.18 Å². The number of esters is 1. The van der Waals surface area contributed by atoms with Gasteiger partial charge in [0, 0.05) is 29.3 Å². The highest BCUT2D eigenvalue weighted by Gasteiger charge is 2.41. The third-order valence-electron chi connectivity index (χ3n) is 6.66. The minimum absolute atomic E-state index is 0.0838. The van der Waals surface area contributed by atoms with E-state index >= 15 is 0 Å². The number of ether oxygens (including phenoxy) is 3. The zero-order valence-corrected chi connectivity index (χ0v) is 21.3. The first-order valence-electron chi connectivity index (χ1n) is 12.1. The van der Waals surface area contributed by atoms with Crippen molar-refractivity contribution in [1.29, 1.82) is 0 Å². The second kappa shape index (κ2) is 10.6. The van der Waals surface area contributed by atoms with E-state index in [0.29, 0.717) is 40.3 Å². The Morgan fingerprint density at radius 2 is 1.81 bits per heavy atom. The van der Waals surface area contributed by atoms with Crippen LogP contribution in [0.5, 0.6) is 11.5 Å². The molecule has 190 valence electrons. The van der Waals surface area contributed by atoms with Crippen molar-refractivity contribution < 1.29 is 28.2 Å². The van der Waals surface area contributed by atoms with Crippen molar-refractivity contribution in [3.63, 3.8) is 0 Å². The summed E-state index contributed by atoms with van der Waals surface area (Å²) in [4.78, 5) is 26.9. The van der Waals surface area contributed by atoms with Gasteiger partial charge in [-0.1, -0.05) is 32.0 Å². The molecule has 2 atom stereocenters. The topological polar surface area (TPSA) is 73.9 Å². The van der Waals surface area contributed by atoms with Crippen molar-refractivity contribution in [2.75, 3.05) is 20.8 Å². The molecular formula is C29H32FNO5. The molecule has 1 aliphatic heterocycles. The summed E-state index contributed by atoms with van der Waals surface area (Å²) in [5.41, 5.74) is 3.71. The monoisotopic (exact) mass is 493 g/mol. The average Bonchev–Trinajstić information content (AvgIpc) is 2.85. The number of Topliss-reactive ketones (excluding diaryl/α,β-unsaturated/α-hetero) is 1. The molecule has 0 radical (unpaired) electrons. The maximum absolute atomic E-state index is 14.3. The van der Waals surface area contributed by atoms with Crippen molar-refractivity contribution in [2.45, 2.75) is 45.4 Å². The molecule has 0 spiro atoms. The number of hydrogen-bond donors (Lipinski definition) is 1. The number of rotatable bonds is 7.